The molecule has 2 unspecified atom stereocenters. The number of aromatic nitrogens is 2. The molecule has 0 aliphatic carbocycles. The van der Waals surface area contributed by atoms with E-state index in [9.17, 15) is 0 Å². The molecule has 2 heterocycles. The fraction of sp³-hybridized carbons (Fsp3) is 0.769. The van der Waals surface area contributed by atoms with Crippen LogP contribution < -0.4 is 5.32 Å². The maximum Gasteiger partial charge on any atom is 0.0534 e. The van der Waals surface area contributed by atoms with Gasteiger partial charge in [0, 0.05) is 37.9 Å². The van der Waals surface area contributed by atoms with Crippen LogP contribution >= 0.6 is 0 Å². The monoisotopic (exact) mass is 236 g/mol. The SMILES string of the molecule is CCNC1CCN(Cc2cnn(C)c2)CC1C. The lowest BCUT2D eigenvalue weighted by Crippen LogP contribution is -2.47. The standard InChI is InChI=1S/C13H24N4/c1-4-14-13-5-6-17(8-11(13)2)10-12-7-15-16(3)9-12/h7,9,11,13-14H,4-6,8,10H2,1-3H3. The molecule has 0 amide bonds. The summed E-state index contributed by atoms with van der Waals surface area (Å²) in [6.07, 6.45) is 5.34. The van der Waals surface area contributed by atoms with Crippen LogP contribution in [0.3, 0.4) is 0 Å². The summed E-state index contributed by atoms with van der Waals surface area (Å²) in [6, 6.07) is 0.699. The molecular formula is C13H24N4. The van der Waals surface area contributed by atoms with Crippen molar-refractivity contribution in [2.24, 2.45) is 13.0 Å². The Bertz CT molecular complexity index is 347. The van der Waals surface area contributed by atoms with Crippen LogP contribution in [-0.4, -0.2) is 40.4 Å². The van der Waals surface area contributed by atoms with Crippen LogP contribution in [0.2, 0.25) is 0 Å². The zero-order valence-electron chi connectivity index (χ0n) is 11.2. The molecule has 17 heavy (non-hydrogen) atoms. The van der Waals surface area contributed by atoms with Crippen molar-refractivity contribution in [3.8, 4) is 0 Å². The van der Waals surface area contributed by atoms with Gasteiger partial charge in [0.1, 0.15) is 0 Å². The van der Waals surface area contributed by atoms with Crippen molar-refractivity contribution in [1.29, 1.82) is 0 Å². The lowest BCUT2D eigenvalue weighted by molar-refractivity contribution is 0.142. The molecule has 0 saturated carbocycles. The molecule has 2 rings (SSSR count). The predicted octanol–water partition coefficient (Wildman–Crippen LogP) is 1.24. The number of nitrogens with one attached hydrogen (secondary N) is 1. The van der Waals surface area contributed by atoms with Crippen molar-refractivity contribution in [3.05, 3.63) is 18.0 Å². The fourth-order valence-electron chi connectivity index (χ4n) is 2.75. The van der Waals surface area contributed by atoms with Gasteiger partial charge in [0.05, 0.1) is 6.20 Å². The van der Waals surface area contributed by atoms with Gasteiger partial charge in [0.15, 0.2) is 0 Å². The van der Waals surface area contributed by atoms with Crippen LogP contribution in [0.4, 0.5) is 0 Å². The Hall–Kier alpha value is -0.870. The summed E-state index contributed by atoms with van der Waals surface area (Å²) < 4.78 is 1.88. The summed E-state index contributed by atoms with van der Waals surface area (Å²) in [4.78, 5) is 2.54. The molecule has 1 aromatic rings. The molecule has 0 radical (unpaired) electrons. The zero-order chi connectivity index (χ0) is 12.3. The highest BCUT2D eigenvalue weighted by Crippen LogP contribution is 2.18. The van der Waals surface area contributed by atoms with Gasteiger partial charge in [-0.15, -0.1) is 0 Å². The second-order valence-electron chi connectivity index (χ2n) is 5.19. The van der Waals surface area contributed by atoms with Crippen LogP contribution in [0.5, 0.6) is 0 Å². The Balaban J connectivity index is 1.85. The number of rotatable bonds is 4. The molecule has 0 bridgehead atoms. The van der Waals surface area contributed by atoms with Gasteiger partial charge < -0.3 is 5.32 Å². The van der Waals surface area contributed by atoms with Crippen LogP contribution in [0, 0.1) is 5.92 Å². The van der Waals surface area contributed by atoms with Gasteiger partial charge in [0.25, 0.3) is 0 Å². The molecule has 1 saturated heterocycles. The zero-order valence-corrected chi connectivity index (χ0v) is 11.2. The smallest absolute Gasteiger partial charge is 0.0534 e. The molecule has 1 fully saturated rings. The van der Waals surface area contributed by atoms with E-state index in [4.69, 9.17) is 0 Å². The highest BCUT2D eigenvalue weighted by molar-refractivity contribution is 5.03. The van der Waals surface area contributed by atoms with E-state index in [-0.39, 0.29) is 0 Å². The highest BCUT2D eigenvalue weighted by Gasteiger charge is 2.25. The van der Waals surface area contributed by atoms with Crippen molar-refractivity contribution < 1.29 is 0 Å². The fourth-order valence-corrected chi connectivity index (χ4v) is 2.75. The molecule has 0 spiro atoms. The average molecular weight is 236 g/mol. The molecule has 0 aromatic carbocycles. The first-order valence-corrected chi connectivity index (χ1v) is 6.62. The minimum atomic E-state index is 0.699. The lowest BCUT2D eigenvalue weighted by Gasteiger charge is -2.37. The molecule has 1 aliphatic rings. The van der Waals surface area contributed by atoms with Gasteiger partial charge >= 0.3 is 0 Å². The lowest BCUT2D eigenvalue weighted by atomic mass is 9.93. The van der Waals surface area contributed by atoms with E-state index in [1.807, 2.05) is 17.9 Å². The average Bonchev–Trinajstić information content (AvgIpc) is 2.68. The van der Waals surface area contributed by atoms with E-state index in [0.717, 1.165) is 19.0 Å². The molecule has 4 nitrogen and oxygen atoms in total. The number of aryl methyl sites for hydroxylation is 1. The molecule has 2 atom stereocenters. The summed E-state index contributed by atoms with van der Waals surface area (Å²) in [5.74, 6) is 0.736. The van der Waals surface area contributed by atoms with Crippen molar-refractivity contribution in [1.82, 2.24) is 20.0 Å². The van der Waals surface area contributed by atoms with Crippen LogP contribution in [0.25, 0.3) is 0 Å². The van der Waals surface area contributed by atoms with Crippen LogP contribution in [0.1, 0.15) is 25.8 Å². The maximum absolute atomic E-state index is 4.22. The predicted molar refractivity (Wildman–Crippen MR) is 69.7 cm³/mol. The Morgan fingerprint density at radius 2 is 2.35 bits per heavy atom. The minimum Gasteiger partial charge on any atom is -0.314 e. The van der Waals surface area contributed by atoms with Gasteiger partial charge in [-0.3, -0.25) is 9.58 Å². The molecular weight excluding hydrogens is 212 g/mol. The molecule has 1 aliphatic heterocycles. The summed E-state index contributed by atoms with van der Waals surface area (Å²) in [6.45, 7) is 9.04. The molecule has 1 N–H and O–H groups in total. The van der Waals surface area contributed by atoms with Crippen molar-refractivity contribution in [3.63, 3.8) is 0 Å². The Morgan fingerprint density at radius 3 is 2.94 bits per heavy atom. The maximum atomic E-state index is 4.22. The quantitative estimate of drug-likeness (QED) is 0.854. The highest BCUT2D eigenvalue weighted by atomic mass is 15.2. The summed E-state index contributed by atoms with van der Waals surface area (Å²) >= 11 is 0. The summed E-state index contributed by atoms with van der Waals surface area (Å²) in [5.41, 5.74) is 1.32. The second-order valence-corrected chi connectivity index (χ2v) is 5.19. The van der Waals surface area contributed by atoms with E-state index < -0.39 is 0 Å². The van der Waals surface area contributed by atoms with Crippen molar-refractivity contribution >= 4 is 0 Å². The van der Waals surface area contributed by atoms with Gasteiger partial charge in [-0.25, -0.2) is 0 Å². The van der Waals surface area contributed by atoms with Gasteiger partial charge in [-0.2, -0.15) is 5.10 Å². The number of hydrogen-bond acceptors (Lipinski definition) is 3. The normalized spacial score (nSPS) is 26.3. The third-order valence-corrected chi connectivity index (χ3v) is 3.62. The van der Waals surface area contributed by atoms with Crippen molar-refractivity contribution in [2.45, 2.75) is 32.9 Å². The van der Waals surface area contributed by atoms with E-state index >= 15 is 0 Å². The van der Waals surface area contributed by atoms with E-state index in [0.29, 0.717) is 6.04 Å². The van der Waals surface area contributed by atoms with E-state index in [2.05, 4.69) is 35.4 Å². The van der Waals surface area contributed by atoms with Crippen LogP contribution in [0.15, 0.2) is 12.4 Å². The Morgan fingerprint density at radius 1 is 1.53 bits per heavy atom. The Labute approximate surface area is 104 Å². The summed E-state index contributed by atoms with van der Waals surface area (Å²) in [5, 5.41) is 7.80. The van der Waals surface area contributed by atoms with Gasteiger partial charge in [-0.05, 0) is 25.4 Å². The minimum absolute atomic E-state index is 0.699. The molecule has 4 heteroatoms. The van der Waals surface area contributed by atoms with Crippen molar-refractivity contribution in [2.75, 3.05) is 19.6 Å². The van der Waals surface area contributed by atoms with E-state index in [1.165, 1.54) is 25.1 Å². The second kappa shape index (κ2) is 5.65. The number of likely N-dealkylation sites (tertiary alicyclic amines) is 1. The Kier molecular flexibility index (Phi) is 4.18. The topological polar surface area (TPSA) is 33.1 Å². The molecule has 1 aromatic heterocycles. The third-order valence-electron chi connectivity index (χ3n) is 3.62. The number of piperidine rings is 1. The molecule has 96 valence electrons. The largest absolute Gasteiger partial charge is 0.314 e. The van der Waals surface area contributed by atoms with Crippen LogP contribution in [-0.2, 0) is 13.6 Å². The number of hydrogen-bond donors (Lipinski definition) is 1. The first kappa shape index (κ1) is 12.6. The van der Waals surface area contributed by atoms with Gasteiger partial charge in [0.2, 0.25) is 0 Å². The third kappa shape index (κ3) is 3.30. The summed E-state index contributed by atoms with van der Waals surface area (Å²) in [7, 11) is 1.98. The van der Waals surface area contributed by atoms with Gasteiger partial charge in [-0.1, -0.05) is 13.8 Å². The first-order chi connectivity index (χ1) is 8.19. The van der Waals surface area contributed by atoms with E-state index in [1.54, 1.807) is 0 Å². The number of nitrogens with zero attached hydrogens (tertiary/aromatic N) is 3. The first-order valence-electron chi connectivity index (χ1n) is 6.62.